The summed E-state index contributed by atoms with van der Waals surface area (Å²) in [4.78, 5) is 11.9. The van der Waals surface area contributed by atoms with E-state index in [4.69, 9.17) is 9.47 Å². The maximum absolute atomic E-state index is 11.9. The van der Waals surface area contributed by atoms with Crippen LogP contribution in [0.1, 0.15) is 11.1 Å². The number of benzene rings is 2. The summed E-state index contributed by atoms with van der Waals surface area (Å²) >= 11 is 3.37. The van der Waals surface area contributed by atoms with Crippen LogP contribution in [-0.2, 0) is 17.8 Å². The van der Waals surface area contributed by atoms with Crippen molar-refractivity contribution in [3.63, 3.8) is 0 Å². The van der Waals surface area contributed by atoms with Gasteiger partial charge in [-0.25, -0.2) is 0 Å². The van der Waals surface area contributed by atoms with Gasteiger partial charge in [0.25, 0.3) is 0 Å². The van der Waals surface area contributed by atoms with Gasteiger partial charge in [-0.15, -0.1) is 0 Å². The molecule has 1 N–H and O–H groups in total. The third-order valence-electron chi connectivity index (χ3n) is 3.20. The first kappa shape index (κ1) is 13.9. The second-order valence-corrected chi connectivity index (χ2v) is 5.68. The van der Waals surface area contributed by atoms with E-state index in [-0.39, 0.29) is 12.7 Å². The Balaban J connectivity index is 1.55. The maximum Gasteiger partial charge on any atom is 0.231 e. The van der Waals surface area contributed by atoms with Crippen LogP contribution in [0, 0.1) is 0 Å². The Morgan fingerprint density at radius 2 is 1.76 bits per heavy atom. The van der Waals surface area contributed by atoms with Crippen molar-refractivity contribution < 1.29 is 14.3 Å². The lowest BCUT2D eigenvalue weighted by atomic mass is 10.1. The summed E-state index contributed by atoms with van der Waals surface area (Å²) in [6.07, 6.45) is 0.373. The predicted octanol–water partition coefficient (Wildman–Crippen LogP) is 3.04. The second kappa shape index (κ2) is 6.18. The molecule has 0 atom stereocenters. The average molecular weight is 348 g/mol. The van der Waals surface area contributed by atoms with E-state index < -0.39 is 0 Å². The fourth-order valence-electron chi connectivity index (χ4n) is 2.10. The lowest BCUT2D eigenvalue weighted by Gasteiger charge is -2.06. The van der Waals surface area contributed by atoms with E-state index in [1.54, 1.807) is 0 Å². The highest BCUT2D eigenvalue weighted by molar-refractivity contribution is 9.10. The van der Waals surface area contributed by atoms with Gasteiger partial charge in [0.2, 0.25) is 12.7 Å². The van der Waals surface area contributed by atoms with Gasteiger partial charge >= 0.3 is 0 Å². The van der Waals surface area contributed by atoms with Gasteiger partial charge in [-0.05, 0) is 35.4 Å². The summed E-state index contributed by atoms with van der Waals surface area (Å²) in [6, 6.07) is 13.4. The van der Waals surface area contributed by atoms with Crippen LogP contribution < -0.4 is 14.8 Å². The molecule has 1 aliphatic heterocycles. The third-order valence-corrected chi connectivity index (χ3v) is 3.73. The van der Waals surface area contributed by atoms with E-state index >= 15 is 0 Å². The Morgan fingerprint density at radius 1 is 1.05 bits per heavy atom. The van der Waals surface area contributed by atoms with Gasteiger partial charge in [-0.2, -0.15) is 0 Å². The minimum Gasteiger partial charge on any atom is -0.454 e. The minimum absolute atomic E-state index is 0.00464. The van der Waals surface area contributed by atoms with Gasteiger partial charge in [0, 0.05) is 11.0 Å². The monoisotopic (exact) mass is 347 g/mol. The van der Waals surface area contributed by atoms with E-state index in [1.165, 1.54) is 0 Å². The van der Waals surface area contributed by atoms with Crippen molar-refractivity contribution in [2.45, 2.75) is 13.0 Å². The number of rotatable bonds is 4. The first-order valence-electron chi connectivity index (χ1n) is 6.60. The molecule has 1 aliphatic rings. The van der Waals surface area contributed by atoms with Crippen molar-refractivity contribution in [3.05, 3.63) is 58.1 Å². The highest BCUT2D eigenvalue weighted by Gasteiger charge is 2.13. The van der Waals surface area contributed by atoms with Crippen LogP contribution in [0.2, 0.25) is 0 Å². The zero-order valence-electron chi connectivity index (χ0n) is 11.3. The molecule has 0 aromatic heterocycles. The van der Waals surface area contributed by atoms with Gasteiger partial charge in [-0.3, -0.25) is 4.79 Å². The van der Waals surface area contributed by atoms with Crippen LogP contribution in [0.4, 0.5) is 0 Å². The topological polar surface area (TPSA) is 47.6 Å². The molecule has 2 aromatic carbocycles. The Hall–Kier alpha value is -2.01. The summed E-state index contributed by atoms with van der Waals surface area (Å²) < 4.78 is 11.6. The van der Waals surface area contributed by atoms with Crippen molar-refractivity contribution in [2.24, 2.45) is 0 Å². The summed E-state index contributed by atoms with van der Waals surface area (Å²) in [5.41, 5.74) is 1.98. The molecule has 108 valence electrons. The largest absolute Gasteiger partial charge is 0.454 e. The lowest BCUT2D eigenvalue weighted by Crippen LogP contribution is -2.24. The summed E-state index contributed by atoms with van der Waals surface area (Å²) in [6.45, 7) is 0.737. The summed E-state index contributed by atoms with van der Waals surface area (Å²) in [5, 5.41) is 2.91. The number of halogens is 1. The number of hydrogen-bond donors (Lipinski definition) is 1. The normalized spacial score (nSPS) is 12.2. The molecule has 3 rings (SSSR count). The van der Waals surface area contributed by atoms with Crippen molar-refractivity contribution in [1.29, 1.82) is 0 Å². The fourth-order valence-corrected chi connectivity index (χ4v) is 2.37. The van der Waals surface area contributed by atoms with E-state index in [0.717, 1.165) is 27.1 Å². The van der Waals surface area contributed by atoms with Crippen molar-refractivity contribution in [1.82, 2.24) is 5.32 Å². The smallest absolute Gasteiger partial charge is 0.231 e. The average Bonchev–Trinajstić information content (AvgIpc) is 2.95. The Labute approximate surface area is 131 Å². The van der Waals surface area contributed by atoms with Crippen molar-refractivity contribution >= 4 is 21.8 Å². The third kappa shape index (κ3) is 3.55. The Morgan fingerprint density at radius 3 is 2.57 bits per heavy atom. The summed E-state index contributed by atoms with van der Waals surface area (Å²) in [5.74, 6) is 1.48. The number of carbonyl (C=O) groups excluding carboxylic acids is 1. The molecule has 1 amide bonds. The van der Waals surface area contributed by atoms with Gasteiger partial charge in [0.1, 0.15) is 0 Å². The molecular formula is C16H14BrNO3. The van der Waals surface area contributed by atoms with Gasteiger partial charge in [-0.1, -0.05) is 34.1 Å². The molecule has 1 heterocycles. The standard InChI is InChI=1S/C16H14BrNO3/c17-13-4-1-11(2-5-13)8-16(19)18-9-12-3-6-14-15(7-12)21-10-20-14/h1-7H,8-10H2,(H,18,19). The number of nitrogens with one attached hydrogen (secondary N) is 1. The van der Waals surface area contributed by atoms with Crippen LogP contribution in [0.3, 0.4) is 0 Å². The van der Waals surface area contributed by atoms with Gasteiger partial charge < -0.3 is 14.8 Å². The molecule has 0 saturated heterocycles. The number of ether oxygens (including phenoxy) is 2. The molecule has 21 heavy (non-hydrogen) atoms. The second-order valence-electron chi connectivity index (χ2n) is 4.77. The van der Waals surface area contributed by atoms with Crippen molar-refractivity contribution in [3.8, 4) is 11.5 Å². The fraction of sp³-hybridized carbons (Fsp3) is 0.188. The molecule has 0 unspecified atom stereocenters. The van der Waals surface area contributed by atoms with Crippen LogP contribution in [0.5, 0.6) is 11.5 Å². The summed E-state index contributed by atoms with van der Waals surface area (Å²) in [7, 11) is 0. The SMILES string of the molecule is O=C(Cc1ccc(Br)cc1)NCc1ccc2c(c1)OCO2. The highest BCUT2D eigenvalue weighted by atomic mass is 79.9. The minimum atomic E-state index is -0.00464. The molecule has 0 aliphatic carbocycles. The molecule has 0 fully saturated rings. The highest BCUT2D eigenvalue weighted by Crippen LogP contribution is 2.32. The molecule has 4 nitrogen and oxygen atoms in total. The quantitative estimate of drug-likeness (QED) is 0.924. The van der Waals surface area contributed by atoms with Gasteiger partial charge in [0.15, 0.2) is 11.5 Å². The number of fused-ring (bicyclic) bond motifs is 1. The van der Waals surface area contributed by atoms with Gasteiger partial charge in [0.05, 0.1) is 6.42 Å². The lowest BCUT2D eigenvalue weighted by molar-refractivity contribution is -0.120. The Bertz CT molecular complexity index is 655. The van der Waals surface area contributed by atoms with E-state index in [1.807, 2.05) is 42.5 Å². The van der Waals surface area contributed by atoms with Crippen LogP contribution in [-0.4, -0.2) is 12.7 Å². The molecule has 0 spiro atoms. The first-order valence-corrected chi connectivity index (χ1v) is 7.40. The van der Waals surface area contributed by atoms with E-state index in [2.05, 4.69) is 21.2 Å². The molecule has 5 heteroatoms. The molecule has 0 radical (unpaired) electrons. The number of amides is 1. The zero-order valence-corrected chi connectivity index (χ0v) is 12.9. The molecule has 2 aromatic rings. The maximum atomic E-state index is 11.9. The molecular weight excluding hydrogens is 334 g/mol. The number of carbonyl (C=O) groups is 1. The number of hydrogen-bond acceptors (Lipinski definition) is 3. The molecule has 0 bridgehead atoms. The first-order chi connectivity index (χ1) is 10.2. The van der Waals surface area contributed by atoms with Crippen LogP contribution >= 0.6 is 15.9 Å². The molecule has 0 saturated carbocycles. The Kier molecular flexibility index (Phi) is 4.10. The van der Waals surface area contributed by atoms with Crippen LogP contribution in [0.25, 0.3) is 0 Å². The zero-order chi connectivity index (χ0) is 14.7. The van der Waals surface area contributed by atoms with E-state index in [9.17, 15) is 4.79 Å². The van der Waals surface area contributed by atoms with Crippen molar-refractivity contribution in [2.75, 3.05) is 6.79 Å². The predicted molar refractivity (Wildman–Crippen MR) is 82.3 cm³/mol. The van der Waals surface area contributed by atoms with E-state index in [0.29, 0.717) is 13.0 Å². The van der Waals surface area contributed by atoms with Crippen LogP contribution in [0.15, 0.2) is 46.9 Å².